The van der Waals surface area contributed by atoms with Gasteiger partial charge in [0.2, 0.25) is 0 Å². The Kier molecular flexibility index (Phi) is 12.4. The van der Waals surface area contributed by atoms with Crippen molar-refractivity contribution in [1.29, 1.82) is 0 Å². The van der Waals surface area contributed by atoms with Gasteiger partial charge in [0.05, 0.1) is 0 Å². The predicted molar refractivity (Wildman–Crippen MR) is 253 cm³/mol. The van der Waals surface area contributed by atoms with Crippen molar-refractivity contribution in [3.8, 4) is 33.4 Å². The van der Waals surface area contributed by atoms with Crippen LogP contribution in [0.15, 0.2) is 109 Å². The molecule has 0 saturated heterocycles. The lowest BCUT2D eigenvalue weighted by Crippen LogP contribution is -2.49. The number of aryl methyl sites for hydroxylation is 8. The summed E-state index contributed by atoms with van der Waals surface area (Å²) in [5, 5.41) is 0. The lowest BCUT2D eigenvalue weighted by Gasteiger charge is -2.53. The minimum atomic E-state index is -0.392. The molecule has 6 aromatic carbocycles. The van der Waals surface area contributed by atoms with Gasteiger partial charge in [0.1, 0.15) is 0 Å². The van der Waals surface area contributed by atoms with Gasteiger partial charge in [0.15, 0.2) is 0 Å². The van der Waals surface area contributed by atoms with E-state index in [1.54, 1.807) is 0 Å². The molecule has 0 saturated carbocycles. The van der Waals surface area contributed by atoms with Crippen LogP contribution in [-0.2, 0) is 23.7 Å². The molecule has 0 heteroatoms. The number of fused-ring (bicyclic) bond motifs is 3. The average Bonchev–Trinajstić information content (AvgIpc) is 3.20. The molecular weight excluding hydrogens is 697 g/mol. The Morgan fingerprint density at radius 2 is 0.724 bits per heavy atom. The summed E-state index contributed by atoms with van der Waals surface area (Å²) in [6, 6.07) is 43.9. The van der Waals surface area contributed by atoms with Gasteiger partial charge < -0.3 is 0 Å². The predicted octanol–water partition coefficient (Wildman–Crippen LogP) is 16.4. The van der Waals surface area contributed by atoms with E-state index in [1.807, 2.05) is 0 Å². The van der Waals surface area contributed by atoms with Crippen LogP contribution >= 0.6 is 0 Å². The Morgan fingerprint density at radius 3 is 1.05 bits per heavy atom. The number of unbranched alkanes of at least 4 members (excludes halogenated alkanes) is 6. The van der Waals surface area contributed by atoms with Crippen LogP contribution in [0, 0.1) is 41.5 Å². The fraction of sp³-hybridized carbons (Fsp3) is 0.379. The summed E-state index contributed by atoms with van der Waals surface area (Å²) in [5.41, 5.74) is 23.7. The first-order valence-electron chi connectivity index (χ1n) is 22.5. The van der Waals surface area contributed by atoms with Crippen molar-refractivity contribution in [2.75, 3.05) is 0 Å². The highest BCUT2D eigenvalue weighted by atomic mass is 14.6. The summed E-state index contributed by atoms with van der Waals surface area (Å²) in [6.07, 6.45) is 12.6. The van der Waals surface area contributed by atoms with Gasteiger partial charge in [-0.05, 0) is 168 Å². The summed E-state index contributed by atoms with van der Waals surface area (Å²) in [6.45, 7) is 23.3. The topological polar surface area (TPSA) is 0 Å². The average molecular weight is 765 g/mol. The van der Waals surface area contributed by atoms with Gasteiger partial charge >= 0.3 is 0 Å². The molecule has 0 fully saturated rings. The van der Waals surface area contributed by atoms with Crippen molar-refractivity contribution in [3.63, 3.8) is 0 Å². The quantitative estimate of drug-likeness (QED) is 0.0969. The molecule has 0 nitrogen and oxygen atoms in total. The van der Waals surface area contributed by atoms with Crippen LogP contribution in [0.2, 0.25) is 0 Å². The smallest absolute Gasteiger partial charge is 0.0315 e. The molecule has 6 aromatic rings. The summed E-state index contributed by atoms with van der Waals surface area (Å²) >= 11 is 0. The molecule has 0 amide bonds. The van der Waals surface area contributed by atoms with Gasteiger partial charge in [-0.25, -0.2) is 0 Å². The Labute approximate surface area is 352 Å². The lowest BCUT2D eigenvalue weighted by atomic mass is 9.49. The van der Waals surface area contributed by atoms with Crippen molar-refractivity contribution in [1.82, 2.24) is 0 Å². The molecule has 0 spiro atoms. The number of rotatable bonds is 14. The zero-order chi connectivity index (χ0) is 41.2. The van der Waals surface area contributed by atoms with Crippen molar-refractivity contribution in [2.24, 2.45) is 0 Å². The second-order valence-electron chi connectivity index (χ2n) is 18.3. The van der Waals surface area contributed by atoms with E-state index >= 15 is 0 Å². The number of hydrogen-bond acceptors (Lipinski definition) is 0. The monoisotopic (exact) mass is 765 g/mol. The van der Waals surface area contributed by atoms with Gasteiger partial charge in [-0.15, -0.1) is 0 Å². The largest absolute Gasteiger partial charge is 0.0654 e. The molecule has 0 bridgehead atoms. The molecule has 0 aliphatic heterocycles. The van der Waals surface area contributed by atoms with Gasteiger partial charge in [0.25, 0.3) is 0 Å². The molecular formula is C58H68. The minimum absolute atomic E-state index is 0.392. The fourth-order valence-corrected chi connectivity index (χ4v) is 10.9. The van der Waals surface area contributed by atoms with Crippen molar-refractivity contribution in [2.45, 2.75) is 144 Å². The minimum Gasteiger partial charge on any atom is -0.0654 e. The third-order valence-electron chi connectivity index (χ3n) is 14.0. The molecule has 2 atom stereocenters. The van der Waals surface area contributed by atoms with Crippen LogP contribution in [0.4, 0.5) is 0 Å². The van der Waals surface area contributed by atoms with Crippen LogP contribution < -0.4 is 0 Å². The third kappa shape index (κ3) is 7.65. The summed E-state index contributed by atoms with van der Waals surface area (Å²) in [7, 11) is 0. The first-order chi connectivity index (χ1) is 27.9. The number of benzene rings is 6. The second-order valence-corrected chi connectivity index (χ2v) is 18.3. The van der Waals surface area contributed by atoms with E-state index in [9.17, 15) is 0 Å². The zero-order valence-corrected chi connectivity index (χ0v) is 37.5. The van der Waals surface area contributed by atoms with Gasteiger partial charge in [-0.1, -0.05) is 174 Å². The standard InChI is InChI=1S/C58H68/c1-11-13-15-17-19-45-21-27-49(28-22-45)57(9)53-37-47(55-41(5)33-39(3)34-42(55)6)25-31-51(53)52-32-26-48(56-43(7)35-40(4)36-44(56)8)38-54(52)58(57,10)50-29-23-46(24-30-50)20-18-16-14-12-2/h21-38H,11-20H2,1-10H3. The van der Waals surface area contributed by atoms with Crippen LogP contribution in [-0.4, -0.2) is 0 Å². The molecule has 1 aliphatic rings. The molecule has 7 rings (SSSR count). The molecule has 1 aliphatic carbocycles. The van der Waals surface area contributed by atoms with Crippen molar-refractivity contribution in [3.05, 3.63) is 176 Å². The van der Waals surface area contributed by atoms with Gasteiger partial charge in [-0.3, -0.25) is 0 Å². The van der Waals surface area contributed by atoms with E-state index in [1.165, 1.54) is 152 Å². The molecule has 300 valence electrons. The first-order valence-corrected chi connectivity index (χ1v) is 22.5. The SMILES string of the molecule is CCCCCCc1ccc(C2(C)c3cc(-c4c(C)cc(C)cc4C)ccc3-c3ccc(-c4c(C)cc(C)cc4C)cc3C2(C)c2ccc(CCCCCC)cc2)cc1. The third-order valence-corrected chi connectivity index (χ3v) is 14.0. The highest BCUT2D eigenvalue weighted by Gasteiger charge is 2.54. The Balaban J connectivity index is 1.50. The molecule has 0 N–H and O–H groups in total. The fourth-order valence-electron chi connectivity index (χ4n) is 10.9. The van der Waals surface area contributed by atoms with E-state index in [2.05, 4.69) is 178 Å². The first kappa shape index (κ1) is 41.5. The number of hydrogen-bond donors (Lipinski definition) is 0. The maximum absolute atomic E-state index is 2.57. The molecule has 58 heavy (non-hydrogen) atoms. The Hall–Kier alpha value is -4.68. The Morgan fingerprint density at radius 1 is 0.379 bits per heavy atom. The molecule has 2 unspecified atom stereocenters. The maximum atomic E-state index is 2.57. The normalized spacial score (nSPS) is 17.3. The Bertz CT molecular complexity index is 2170. The molecule has 0 aromatic heterocycles. The van der Waals surface area contributed by atoms with Gasteiger partial charge in [0, 0.05) is 10.8 Å². The maximum Gasteiger partial charge on any atom is 0.0315 e. The van der Waals surface area contributed by atoms with Crippen LogP contribution in [0.3, 0.4) is 0 Å². The van der Waals surface area contributed by atoms with Crippen molar-refractivity contribution < 1.29 is 0 Å². The van der Waals surface area contributed by atoms with E-state index < -0.39 is 10.8 Å². The molecule has 0 heterocycles. The van der Waals surface area contributed by atoms with E-state index in [4.69, 9.17) is 0 Å². The van der Waals surface area contributed by atoms with E-state index in [0.717, 1.165) is 12.8 Å². The van der Waals surface area contributed by atoms with Gasteiger partial charge in [-0.2, -0.15) is 0 Å². The van der Waals surface area contributed by atoms with E-state index in [-0.39, 0.29) is 0 Å². The zero-order valence-electron chi connectivity index (χ0n) is 37.5. The van der Waals surface area contributed by atoms with Crippen molar-refractivity contribution >= 4 is 0 Å². The van der Waals surface area contributed by atoms with Crippen LogP contribution in [0.1, 0.15) is 146 Å². The second kappa shape index (κ2) is 17.3. The summed E-state index contributed by atoms with van der Waals surface area (Å²) in [4.78, 5) is 0. The highest BCUT2D eigenvalue weighted by molar-refractivity contribution is 5.87. The lowest BCUT2D eigenvalue weighted by molar-refractivity contribution is 0.356. The highest BCUT2D eigenvalue weighted by Crippen LogP contribution is 2.61. The summed E-state index contributed by atoms with van der Waals surface area (Å²) < 4.78 is 0. The summed E-state index contributed by atoms with van der Waals surface area (Å²) in [5.74, 6) is 0. The van der Waals surface area contributed by atoms with Crippen LogP contribution in [0.25, 0.3) is 33.4 Å². The molecule has 0 radical (unpaired) electrons. The van der Waals surface area contributed by atoms with E-state index in [0.29, 0.717) is 0 Å². The van der Waals surface area contributed by atoms with Crippen LogP contribution in [0.5, 0.6) is 0 Å².